The average molecular weight is 285 g/mol. The predicted octanol–water partition coefficient (Wildman–Crippen LogP) is 2.88. The molecule has 3 heterocycles. The summed E-state index contributed by atoms with van der Waals surface area (Å²) in [5.74, 6) is 0.489. The molecule has 0 saturated heterocycles. The fraction of sp³-hybridized carbons (Fsp3) is 0.267. The number of carbonyl (C=O) groups excluding carboxylic acids is 1. The molecule has 0 N–H and O–H groups in total. The van der Waals surface area contributed by atoms with Crippen LogP contribution in [-0.2, 0) is 0 Å². The van der Waals surface area contributed by atoms with Crippen LogP contribution >= 0.6 is 0 Å². The minimum absolute atomic E-state index is 0.0935. The number of hydrogen-bond donors (Lipinski definition) is 0. The first-order chi connectivity index (χ1) is 10.1. The van der Waals surface area contributed by atoms with Crippen LogP contribution in [0.15, 0.2) is 33.4 Å². The lowest BCUT2D eigenvalue weighted by molar-refractivity contribution is 0.0804. The molecule has 3 aromatic heterocycles. The fourth-order valence-corrected chi connectivity index (χ4v) is 2.16. The molecule has 0 aliphatic rings. The molecule has 0 saturated carbocycles. The Labute approximate surface area is 121 Å². The first-order valence-corrected chi connectivity index (χ1v) is 6.68. The van der Waals surface area contributed by atoms with Gasteiger partial charge in [-0.2, -0.15) is 0 Å². The van der Waals surface area contributed by atoms with E-state index in [1.54, 1.807) is 43.3 Å². The number of amides is 1. The summed E-state index contributed by atoms with van der Waals surface area (Å²) in [5.41, 5.74) is 2.07. The van der Waals surface area contributed by atoms with E-state index in [1.165, 1.54) is 0 Å². The van der Waals surface area contributed by atoms with Gasteiger partial charge in [0.25, 0.3) is 11.6 Å². The van der Waals surface area contributed by atoms with Crippen molar-refractivity contribution >= 4 is 17.0 Å². The fourth-order valence-electron chi connectivity index (χ4n) is 2.16. The lowest BCUT2D eigenvalue weighted by Crippen LogP contribution is -2.26. The Balaban J connectivity index is 2.24. The van der Waals surface area contributed by atoms with E-state index in [0.717, 1.165) is 0 Å². The molecule has 0 unspecified atom stereocenters. The second-order valence-corrected chi connectivity index (χ2v) is 4.80. The summed E-state index contributed by atoms with van der Waals surface area (Å²) in [6, 6.07) is 5.28. The van der Waals surface area contributed by atoms with Gasteiger partial charge >= 0.3 is 0 Å². The van der Waals surface area contributed by atoms with Gasteiger partial charge in [0.2, 0.25) is 0 Å². The number of carbonyl (C=O) groups is 1. The SMILES string of the molecule is CCN(C)C(=O)c1cc(-c2ccco2)nc2onc(C)c12. The minimum Gasteiger partial charge on any atom is -0.463 e. The van der Waals surface area contributed by atoms with Gasteiger partial charge in [-0.25, -0.2) is 4.98 Å². The number of rotatable bonds is 3. The topological polar surface area (TPSA) is 72.4 Å². The van der Waals surface area contributed by atoms with Crippen molar-refractivity contribution in [3.05, 3.63) is 35.7 Å². The second-order valence-electron chi connectivity index (χ2n) is 4.80. The lowest BCUT2D eigenvalue weighted by Gasteiger charge is -2.15. The molecule has 21 heavy (non-hydrogen) atoms. The van der Waals surface area contributed by atoms with Crippen LogP contribution in [0.2, 0.25) is 0 Å². The van der Waals surface area contributed by atoms with Gasteiger partial charge in [0.05, 0.1) is 22.9 Å². The molecule has 0 radical (unpaired) electrons. The summed E-state index contributed by atoms with van der Waals surface area (Å²) in [7, 11) is 1.75. The van der Waals surface area contributed by atoms with Gasteiger partial charge in [0, 0.05) is 13.6 Å². The van der Waals surface area contributed by atoms with Crippen molar-refractivity contribution in [3.8, 4) is 11.5 Å². The number of hydrogen-bond acceptors (Lipinski definition) is 5. The molecule has 0 atom stereocenters. The van der Waals surface area contributed by atoms with Gasteiger partial charge in [-0.05, 0) is 32.0 Å². The van der Waals surface area contributed by atoms with E-state index in [2.05, 4.69) is 10.1 Å². The molecular weight excluding hydrogens is 270 g/mol. The van der Waals surface area contributed by atoms with E-state index in [1.807, 2.05) is 6.92 Å². The largest absolute Gasteiger partial charge is 0.463 e. The molecule has 0 aliphatic carbocycles. The summed E-state index contributed by atoms with van der Waals surface area (Å²) in [6.07, 6.45) is 1.56. The van der Waals surface area contributed by atoms with Crippen molar-refractivity contribution in [2.24, 2.45) is 0 Å². The first-order valence-electron chi connectivity index (χ1n) is 6.68. The number of pyridine rings is 1. The van der Waals surface area contributed by atoms with E-state index in [4.69, 9.17) is 8.94 Å². The molecule has 0 bridgehead atoms. The summed E-state index contributed by atoms with van der Waals surface area (Å²) in [6.45, 7) is 4.33. The van der Waals surface area contributed by atoms with Gasteiger partial charge in [0.15, 0.2) is 5.76 Å². The summed E-state index contributed by atoms with van der Waals surface area (Å²) < 4.78 is 10.6. The second kappa shape index (κ2) is 5.05. The Bertz CT molecular complexity index is 790. The molecule has 3 aromatic rings. The van der Waals surface area contributed by atoms with Crippen molar-refractivity contribution in [1.29, 1.82) is 0 Å². The third-order valence-corrected chi connectivity index (χ3v) is 3.44. The summed E-state index contributed by atoms with van der Waals surface area (Å²) in [4.78, 5) is 18.6. The number of fused-ring (bicyclic) bond motifs is 1. The molecule has 108 valence electrons. The normalized spacial score (nSPS) is 11.0. The van der Waals surface area contributed by atoms with Gasteiger partial charge in [-0.1, -0.05) is 5.16 Å². The highest BCUT2D eigenvalue weighted by Gasteiger charge is 2.21. The average Bonchev–Trinajstić information content (AvgIpc) is 3.15. The van der Waals surface area contributed by atoms with Crippen LogP contribution in [0.1, 0.15) is 23.0 Å². The van der Waals surface area contributed by atoms with Crippen LogP contribution in [0, 0.1) is 6.92 Å². The van der Waals surface area contributed by atoms with Gasteiger partial charge < -0.3 is 13.8 Å². The summed E-state index contributed by atoms with van der Waals surface area (Å²) >= 11 is 0. The number of nitrogens with zero attached hydrogens (tertiary/aromatic N) is 3. The third-order valence-electron chi connectivity index (χ3n) is 3.44. The maximum absolute atomic E-state index is 12.6. The van der Waals surface area contributed by atoms with Crippen LogP contribution in [-0.4, -0.2) is 34.5 Å². The van der Waals surface area contributed by atoms with Crippen LogP contribution in [0.5, 0.6) is 0 Å². The van der Waals surface area contributed by atoms with E-state index < -0.39 is 0 Å². The zero-order valence-electron chi connectivity index (χ0n) is 12.1. The quantitative estimate of drug-likeness (QED) is 0.739. The zero-order chi connectivity index (χ0) is 15.0. The molecule has 6 heteroatoms. The Morgan fingerprint density at radius 1 is 1.43 bits per heavy atom. The lowest BCUT2D eigenvalue weighted by atomic mass is 10.1. The van der Waals surface area contributed by atoms with Crippen LogP contribution < -0.4 is 0 Å². The number of aryl methyl sites for hydroxylation is 1. The Morgan fingerprint density at radius 3 is 2.90 bits per heavy atom. The standard InChI is InChI=1S/C15H15N3O3/c1-4-18(3)15(19)10-8-11(12-6-5-7-20-12)16-14-13(10)9(2)17-21-14/h5-8H,4H2,1-3H3. The molecule has 1 amide bonds. The third kappa shape index (κ3) is 2.18. The van der Waals surface area contributed by atoms with Crippen molar-refractivity contribution in [1.82, 2.24) is 15.0 Å². The first kappa shape index (κ1) is 13.4. The van der Waals surface area contributed by atoms with Crippen LogP contribution in [0.25, 0.3) is 22.6 Å². The number of aromatic nitrogens is 2. The number of furan rings is 1. The van der Waals surface area contributed by atoms with Crippen molar-refractivity contribution in [3.63, 3.8) is 0 Å². The van der Waals surface area contributed by atoms with Gasteiger partial charge in [-0.3, -0.25) is 4.79 Å². The maximum Gasteiger partial charge on any atom is 0.259 e. The predicted molar refractivity (Wildman–Crippen MR) is 76.9 cm³/mol. The molecular formula is C15H15N3O3. The highest BCUT2D eigenvalue weighted by Crippen LogP contribution is 2.27. The smallest absolute Gasteiger partial charge is 0.259 e. The Kier molecular flexibility index (Phi) is 3.21. The monoisotopic (exact) mass is 285 g/mol. The molecule has 3 rings (SSSR count). The maximum atomic E-state index is 12.6. The van der Waals surface area contributed by atoms with Gasteiger partial charge in [0.1, 0.15) is 5.69 Å². The van der Waals surface area contributed by atoms with Gasteiger partial charge in [-0.15, -0.1) is 0 Å². The van der Waals surface area contributed by atoms with E-state index in [-0.39, 0.29) is 5.91 Å². The van der Waals surface area contributed by atoms with E-state index >= 15 is 0 Å². The molecule has 0 aromatic carbocycles. The van der Waals surface area contributed by atoms with E-state index in [0.29, 0.717) is 40.4 Å². The van der Waals surface area contributed by atoms with Crippen molar-refractivity contribution < 1.29 is 13.7 Å². The molecule has 0 aliphatic heterocycles. The zero-order valence-corrected chi connectivity index (χ0v) is 12.1. The summed E-state index contributed by atoms with van der Waals surface area (Å²) in [5, 5.41) is 4.56. The Morgan fingerprint density at radius 2 is 2.24 bits per heavy atom. The molecule has 0 spiro atoms. The molecule has 6 nitrogen and oxygen atoms in total. The highest BCUT2D eigenvalue weighted by molar-refractivity contribution is 6.06. The molecule has 0 fully saturated rings. The Hall–Kier alpha value is -2.63. The van der Waals surface area contributed by atoms with Crippen LogP contribution in [0.4, 0.5) is 0 Å². The van der Waals surface area contributed by atoms with E-state index in [9.17, 15) is 4.79 Å². The minimum atomic E-state index is -0.0935. The van der Waals surface area contributed by atoms with Crippen molar-refractivity contribution in [2.45, 2.75) is 13.8 Å². The van der Waals surface area contributed by atoms with Crippen LogP contribution in [0.3, 0.4) is 0 Å². The highest BCUT2D eigenvalue weighted by atomic mass is 16.5. The van der Waals surface area contributed by atoms with Crippen molar-refractivity contribution in [2.75, 3.05) is 13.6 Å².